The molecule has 0 atom stereocenters. The Morgan fingerprint density at radius 2 is 2.25 bits per heavy atom. The van der Waals surface area contributed by atoms with Crippen LogP contribution in [-0.2, 0) is 11.3 Å². The first-order valence-corrected chi connectivity index (χ1v) is 7.46. The molecule has 0 aliphatic carbocycles. The summed E-state index contributed by atoms with van der Waals surface area (Å²) in [5.41, 5.74) is 6.54. The molecule has 1 aromatic heterocycles. The Bertz CT molecular complexity index is 422. The molecular weight excluding hydrogens is 252 g/mol. The van der Waals surface area contributed by atoms with Crippen molar-refractivity contribution < 1.29 is 4.74 Å². The fourth-order valence-corrected chi connectivity index (χ4v) is 2.62. The van der Waals surface area contributed by atoms with Crippen LogP contribution in [0.3, 0.4) is 0 Å². The Morgan fingerprint density at radius 3 is 2.90 bits per heavy atom. The molecule has 1 aromatic rings. The molecule has 0 bridgehead atoms. The van der Waals surface area contributed by atoms with Gasteiger partial charge >= 0.3 is 0 Å². The van der Waals surface area contributed by atoms with E-state index in [4.69, 9.17) is 10.5 Å². The van der Waals surface area contributed by atoms with Crippen LogP contribution in [0, 0.1) is 6.92 Å². The zero-order chi connectivity index (χ0) is 14.4. The fraction of sp³-hybridized carbons (Fsp3) is 0.667. The third-order valence-electron chi connectivity index (χ3n) is 3.63. The number of imidazole rings is 1. The lowest BCUT2D eigenvalue weighted by Crippen LogP contribution is -2.38. The van der Waals surface area contributed by atoms with Crippen LogP contribution in [0.1, 0.15) is 25.0 Å². The summed E-state index contributed by atoms with van der Waals surface area (Å²) in [5, 5.41) is 0. The lowest BCUT2D eigenvalue weighted by Gasteiger charge is -2.32. The summed E-state index contributed by atoms with van der Waals surface area (Å²) in [6.07, 6.45) is 7.44. The van der Waals surface area contributed by atoms with Gasteiger partial charge in [0.1, 0.15) is 0 Å². The number of aryl methyl sites for hydroxylation is 1. The number of nitrogens with zero attached hydrogens (tertiary/aromatic N) is 3. The first kappa shape index (κ1) is 15.1. The zero-order valence-corrected chi connectivity index (χ0v) is 12.4. The first-order valence-electron chi connectivity index (χ1n) is 7.46. The van der Waals surface area contributed by atoms with Gasteiger partial charge in [0.25, 0.3) is 0 Å². The second-order valence-corrected chi connectivity index (χ2v) is 5.32. The predicted octanol–water partition coefficient (Wildman–Crippen LogP) is 1.71. The molecule has 0 amide bonds. The standard InChI is InChI=1S/C15H26N4O/c1-3-8-19-12-13(2)17-15(19)18-9-5-14(6-10-18)20-11-4-7-16/h3,12,14H,1,4-11,16H2,2H3. The average molecular weight is 278 g/mol. The maximum Gasteiger partial charge on any atom is 0.206 e. The smallest absolute Gasteiger partial charge is 0.206 e. The molecule has 2 rings (SSSR count). The van der Waals surface area contributed by atoms with Crippen molar-refractivity contribution in [1.82, 2.24) is 9.55 Å². The maximum absolute atomic E-state index is 5.84. The lowest BCUT2D eigenvalue weighted by molar-refractivity contribution is 0.0364. The van der Waals surface area contributed by atoms with Gasteiger partial charge in [-0.2, -0.15) is 0 Å². The summed E-state index contributed by atoms with van der Waals surface area (Å²) in [7, 11) is 0. The van der Waals surface area contributed by atoms with Crippen LogP contribution in [0.2, 0.25) is 0 Å². The van der Waals surface area contributed by atoms with Crippen molar-refractivity contribution in [3.05, 3.63) is 24.5 Å². The summed E-state index contributed by atoms with van der Waals surface area (Å²) in [4.78, 5) is 6.98. The SMILES string of the molecule is C=CCn1cc(C)nc1N1CCC(OCCCN)CC1. The molecule has 1 saturated heterocycles. The van der Waals surface area contributed by atoms with Gasteiger partial charge in [-0.05, 0) is 32.7 Å². The average Bonchev–Trinajstić information content (AvgIpc) is 2.81. The van der Waals surface area contributed by atoms with Crippen molar-refractivity contribution >= 4 is 5.95 Å². The summed E-state index contributed by atoms with van der Waals surface area (Å²) in [6.45, 7) is 10.1. The third-order valence-corrected chi connectivity index (χ3v) is 3.63. The van der Waals surface area contributed by atoms with Crippen molar-refractivity contribution in [3.63, 3.8) is 0 Å². The van der Waals surface area contributed by atoms with Gasteiger partial charge in [-0.3, -0.25) is 0 Å². The van der Waals surface area contributed by atoms with Gasteiger partial charge in [-0.25, -0.2) is 4.98 Å². The van der Waals surface area contributed by atoms with Crippen molar-refractivity contribution in [2.24, 2.45) is 5.73 Å². The summed E-state index contributed by atoms with van der Waals surface area (Å²) >= 11 is 0. The summed E-state index contributed by atoms with van der Waals surface area (Å²) in [6, 6.07) is 0. The molecule has 1 fully saturated rings. The number of piperidine rings is 1. The molecule has 1 aliphatic heterocycles. The van der Waals surface area contributed by atoms with Crippen LogP contribution >= 0.6 is 0 Å². The van der Waals surface area contributed by atoms with Crippen LogP contribution in [0.15, 0.2) is 18.9 Å². The Hall–Kier alpha value is -1.33. The van der Waals surface area contributed by atoms with E-state index >= 15 is 0 Å². The quantitative estimate of drug-likeness (QED) is 0.609. The monoisotopic (exact) mass is 278 g/mol. The fourth-order valence-electron chi connectivity index (χ4n) is 2.62. The third kappa shape index (κ3) is 3.84. The van der Waals surface area contributed by atoms with E-state index in [-0.39, 0.29) is 0 Å². The molecule has 0 radical (unpaired) electrons. The molecule has 0 aromatic carbocycles. The number of anilines is 1. The van der Waals surface area contributed by atoms with Gasteiger partial charge < -0.3 is 19.9 Å². The highest BCUT2D eigenvalue weighted by atomic mass is 16.5. The zero-order valence-electron chi connectivity index (χ0n) is 12.4. The van der Waals surface area contributed by atoms with E-state index in [9.17, 15) is 0 Å². The van der Waals surface area contributed by atoms with Gasteiger partial charge in [0.2, 0.25) is 5.95 Å². The highest BCUT2D eigenvalue weighted by molar-refractivity contribution is 5.34. The molecule has 2 N–H and O–H groups in total. The maximum atomic E-state index is 5.84. The largest absolute Gasteiger partial charge is 0.378 e. The number of aromatic nitrogens is 2. The Labute approximate surface area is 121 Å². The molecule has 0 spiro atoms. The number of allylic oxidation sites excluding steroid dienone is 1. The minimum atomic E-state index is 0.377. The van der Waals surface area contributed by atoms with Gasteiger partial charge in [-0.15, -0.1) is 6.58 Å². The summed E-state index contributed by atoms with van der Waals surface area (Å²) < 4.78 is 8.01. The molecule has 0 unspecified atom stereocenters. The van der Waals surface area contributed by atoms with E-state index in [1.807, 2.05) is 13.0 Å². The minimum Gasteiger partial charge on any atom is -0.378 e. The van der Waals surface area contributed by atoms with Crippen molar-refractivity contribution in [3.8, 4) is 0 Å². The molecule has 1 aliphatic rings. The Morgan fingerprint density at radius 1 is 1.50 bits per heavy atom. The number of nitrogens with two attached hydrogens (primary N) is 1. The number of ether oxygens (including phenoxy) is 1. The van der Waals surface area contributed by atoms with Gasteiger partial charge in [-0.1, -0.05) is 6.08 Å². The normalized spacial score (nSPS) is 16.6. The van der Waals surface area contributed by atoms with E-state index in [2.05, 4.69) is 27.2 Å². The van der Waals surface area contributed by atoms with Crippen LogP contribution in [0.25, 0.3) is 0 Å². The molecule has 2 heterocycles. The van der Waals surface area contributed by atoms with Crippen LogP contribution < -0.4 is 10.6 Å². The highest BCUT2D eigenvalue weighted by Crippen LogP contribution is 2.21. The molecule has 112 valence electrons. The Balaban J connectivity index is 1.88. The van der Waals surface area contributed by atoms with Gasteiger partial charge in [0, 0.05) is 32.4 Å². The van der Waals surface area contributed by atoms with Gasteiger partial charge in [0.05, 0.1) is 11.8 Å². The van der Waals surface area contributed by atoms with E-state index in [0.29, 0.717) is 12.6 Å². The Kier molecular flexibility index (Phi) is 5.61. The van der Waals surface area contributed by atoms with Crippen LogP contribution in [-0.4, -0.2) is 41.9 Å². The molecule has 20 heavy (non-hydrogen) atoms. The molecule has 0 saturated carbocycles. The molecule has 5 nitrogen and oxygen atoms in total. The first-order chi connectivity index (χ1) is 9.74. The van der Waals surface area contributed by atoms with E-state index < -0.39 is 0 Å². The summed E-state index contributed by atoms with van der Waals surface area (Å²) in [5.74, 6) is 1.06. The number of rotatable bonds is 7. The number of hydrogen-bond acceptors (Lipinski definition) is 4. The van der Waals surface area contributed by atoms with Crippen molar-refractivity contribution in [2.45, 2.75) is 38.8 Å². The highest BCUT2D eigenvalue weighted by Gasteiger charge is 2.22. The predicted molar refractivity (Wildman–Crippen MR) is 82.0 cm³/mol. The lowest BCUT2D eigenvalue weighted by atomic mass is 10.1. The van der Waals surface area contributed by atoms with Crippen molar-refractivity contribution in [2.75, 3.05) is 31.1 Å². The van der Waals surface area contributed by atoms with Crippen LogP contribution in [0.4, 0.5) is 5.95 Å². The topological polar surface area (TPSA) is 56.3 Å². The van der Waals surface area contributed by atoms with Gasteiger partial charge in [0.15, 0.2) is 0 Å². The van der Waals surface area contributed by atoms with E-state index in [1.54, 1.807) is 0 Å². The minimum absolute atomic E-state index is 0.377. The second-order valence-electron chi connectivity index (χ2n) is 5.32. The van der Waals surface area contributed by atoms with E-state index in [0.717, 1.165) is 57.1 Å². The van der Waals surface area contributed by atoms with E-state index in [1.165, 1.54) is 0 Å². The second kappa shape index (κ2) is 7.45. The molecular formula is C15H26N4O. The number of hydrogen-bond donors (Lipinski definition) is 1. The van der Waals surface area contributed by atoms with Crippen LogP contribution in [0.5, 0.6) is 0 Å². The van der Waals surface area contributed by atoms with Crippen molar-refractivity contribution in [1.29, 1.82) is 0 Å². The molecule has 5 heteroatoms.